The van der Waals surface area contributed by atoms with E-state index < -0.39 is 0 Å². The average Bonchev–Trinajstić information content (AvgIpc) is 3.13. The van der Waals surface area contributed by atoms with Gasteiger partial charge in [-0.1, -0.05) is 6.92 Å². The molecule has 0 saturated carbocycles. The number of methoxy groups -OCH3 is 3. The van der Waals surface area contributed by atoms with Crippen molar-refractivity contribution in [1.82, 2.24) is 0 Å². The fraction of sp³-hybridized carbons (Fsp3) is 0.400. The zero-order valence-electron chi connectivity index (χ0n) is 15.8. The lowest BCUT2D eigenvalue weighted by molar-refractivity contribution is 0.173. The summed E-state index contributed by atoms with van der Waals surface area (Å²) in [6.07, 6.45) is 0. The van der Waals surface area contributed by atoms with Crippen LogP contribution in [0.1, 0.15) is 30.9 Å². The van der Waals surface area contributed by atoms with E-state index in [-0.39, 0.29) is 12.7 Å². The van der Waals surface area contributed by atoms with Gasteiger partial charge >= 0.3 is 0 Å². The summed E-state index contributed by atoms with van der Waals surface area (Å²) in [5, 5.41) is 0. The van der Waals surface area contributed by atoms with Gasteiger partial charge < -0.3 is 28.4 Å². The summed E-state index contributed by atoms with van der Waals surface area (Å²) in [5.41, 5.74) is 2.02. The average molecular weight is 360 g/mol. The summed E-state index contributed by atoms with van der Waals surface area (Å²) >= 11 is 0. The summed E-state index contributed by atoms with van der Waals surface area (Å²) in [4.78, 5) is 0. The Morgan fingerprint density at radius 1 is 0.885 bits per heavy atom. The second-order valence-electron chi connectivity index (χ2n) is 5.86. The minimum absolute atomic E-state index is 0.0137. The molecule has 0 aliphatic carbocycles. The van der Waals surface area contributed by atoms with Gasteiger partial charge in [0.25, 0.3) is 0 Å². The van der Waals surface area contributed by atoms with Gasteiger partial charge in [-0.3, -0.25) is 0 Å². The summed E-state index contributed by atoms with van der Waals surface area (Å²) in [6, 6.07) is 7.76. The van der Waals surface area contributed by atoms with Crippen LogP contribution in [-0.4, -0.2) is 34.7 Å². The molecule has 6 heteroatoms. The lowest BCUT2D eigenvalue weighted by Crippen LogP contribution is -2.04. The van der Waals surface area contributed by atoms with Crippen molar-refractivity contribution in [2.24, 2.45) is 0 Å². The Kier molecular flexibility index (Phi) is 5.30. The predicted molar refractivity (Wildman–Crippen MR) is 97.3 cm³/mol. The zero-order valence-corrected chi connectivity index (χ0v) is 15.8. The van der Waals surface area contributed by atoms with Gasteiger partial charge in [0, 0.05) is 17.5 Å². The first kappa shape index (κ1) is 18.0. The minimum atomic E-state index is 0.0137. The molecule has 0 amide bonds. The van der Waals surface area contributed by atoms with E-state index in [1.807, 2.05) is 31.2 Å². The fourth-order valence-corrected chi connectivity index (χ4v) is 3.09. The molecule has 1 aliphatic heterocycles. The third-order valence-electron chi connectivity index (χ3n) is 4.46. The Morgan fingerprint density at radius 3 is 2.04 bits per heavy atom. The quantitative estimate of drug-likeness (QED) is 0.744. The highest BCUT2D eigenvalue weighted by Crippen LogP contribution is 2.45. The number of rotatable bonds is 7. The number of benzene rings is 2. The van der Waals surface area contributed by atoms with Gasteiger partial charge in [-0.25, -0.2) is 0 Å². The molecule has 3 rings (SSSR count). The normalized spacial score (nSPS) is 13.3. The van der Waals surface area contributed by atoms with Crippen LogP contribution in [0, 0.1) is 0 Å². The Labute approximate surface area is 153 Å². The first-order valence-electron chi connectivity index (χ1n) is 8.49. The third kappa shape index (κ3) is 3.19. The van der Waals surface area contributed by atoms with E-state index >= 15 is 0 Å². The molecular weight excluding hydrogens is 336 g/mol. The molecule has 2 aromatic rings. The molecule has 26 heavy (non-hydrogen) atoms. The Balaban J connectivity index is 2.08. The molecule has 0 unspecified atom stereocenters. The van der Waals surface area contributed by atoms with E-state index in [1.54, 1.807) is 21.3 Å². The molecule has 1 heterocycles. The molecule has 0 spiro atoms. The maximum absolute atomic E-state index is 5.84. The van der Waals surface area contributed by atoms with Crippen molar-refractivity contribution in [3.63, 3.8) is 0 Å². The van der Waals surface area contributed by atoms with Gasteiger partial charge in [0.1, 0.15) is 5.75 Å². The summed E-state index contributed by atoms with van der Waals surface area (Å²) in [6.45, 7) is 4.84. The Bertz CT molecular complexity index is 761. The fourth-order valence-electron chi connectivity index (χ4n) is 3.09. The lowest BCUT2D eigenvalue weighted by atomic mass is 9.91. The van der Waals surface area contributed by atoms with Gasteiger partial charge in [-0.05, 0) is 30.7 Å². The molecule has 2 aromatic carbocycles. The van der Waals surface area contributed by atoms with E-state index in [0.29, 0.717) is 29.6 Å². The van der Waals surface area contributed by atoms with Crippen LogP contribution < -0.4 is 28.4 Å². The molecular formula is C20H24O6. The number of hydrogen-bond acceptors (Lipinski definition) is 6. The van der Waals surface area contributed by atoms with Crippen LogP contribution in [0.5, 0.6) is 34.5 Å². The summed E-state index contributed by atoms with van der Waals surface area (Å²) in [5.74, 6) is 4.02. The maximum Gasteiger partial charge on any atom is 0.231 e. The molecule has 6 nitrogen and oxygen atoms in total. The standard InChI is InChI=1S/C20H24O6/c1-6-24-15-10-17-16(25-11-26-17)9-14(15)12(2)13-7-18(21-3)20(23-5)19(8-13)22-4/h7-10,12H,6,11H2,1-5H3/t12-/m0/s1. The van der Waals surface area contributed by atoms with Crippen molar-refractivity contribution in [1.29, 1.82) is 0 Å². The summed E-state index contributed by atoms with van der Waals surface area (Å²) < 4.78 is 33.2. The largest absolute Gasteiger partial charge is 0.493 e. The van der Waals surface area contributed by atoms with Gasteiger partial charge in [0.05, 0.1) is 27.9 Å². The first-order chi connectivity index (χ1) is 12.6. The monoisotopic (exact) mass is 360 g/mol. The predicted octanol–water partition coefficient (Wildman–Crippen LogP) is 3.99. The van der Waals surface area contributed by atoms with E-state index in [0.717, 1.165) is 22.6 Å². The molecule has 140 valence electrons. The first-order valence-corrected chi connectivity index (χ1v) is 8.49. The molecule has 0 N–H and O–H groups in total. The number of ether oxygens (including phenoxy) is 6. The van der Waals surface area contributed by atoms with Gasteiger partial charge in [0.15, 0.2) is 23.0 Å². The van der Waals surface area contributed by atoms with Crippen LogP contribution in [0.2, 0.25) is 0 Å². The zero-order chi connectivity index (χ0) is 18.7. The second kappa shape index (κ2) is 7.64. The van der Waals surface area contributed by atoms with Crippen molar-refractivity contribution in [3.8, 4) is 34.5 Å². The highest BCUT2D eigenvalue weighted by molar-refractivity contribution is 5.58. The molecule has 0 radical (unpaired) electrons. The van der Waals surface area contributed by atoms with Crippen LogP contribution in [-0.2, 0) is 0 Å². The van der Waals surface area contributed by atoms with Crippen LogP contribution in [0.15, 0.2) is 24.3 Å². The molecule has 1 aliphatic rings. The molecule has 0 fully saturated rings. The second-order valence-corrected chi connectivity index (χ2v) is 5.86. The topological polar surface area (TPSA) is 55.4 Å². The Hall–Kier alpha value is -2.76. The number of fused-ring (bicyclic) bond motifs is 1. The van der Waals surface area contributed by atoms with Gasteiger partial charge in [0.2, 0.25) is 12.5 Å². The van der Waals surface area contributed by atoms with E-state index in [2.05, 4.69) is 6.92 Å². The molecule has 0 bridgehead atoms. The molecule has 0 saturated heterocycles. The van der Waals surface area contributed by atoms with Crippen molar-refractivity contribution >= 4 is 0 Å². The van der Waals surface area contributed by atoms with Crippen molar-refractivity contribution in [2.75, 3.05) is 34.7 Å². The van der Waals surface area contributed by atoms with E-state index in [4.69, 9.17) is 28.4 Å². The van der Waals surface area contributed by atoms with Crippen LogP contribution >= 0.6 is 0 Å². The van der Waals surface area contributed by atoms with Crippen molar-refractivity contribution in [2.45, 2.75) is 19.8 Å². The van der Waals surface area contributed by atoms with Crippen LogP contribution in [0.3, 0.4) is 0 Å². The van der Waals surface area contributed by atoms with Gasteiger partial charge in [-0.15, -0.1) is 0 Å². The minimum Gasteiger partial charge on any atom is -0.493 e. The number of hydrogen-bond donors (Lipinski definition) is 0. The summed E-state index contributed by atoms with van der Waals surface area (Å²) in [7, 11) is 4.81. The Morgan fingerprint density at radius 2 is 1.50 bits per heavy atom. The third-order valence-corrected chi connectivity index (χ3v) is 4.46. The smallest absolute Gasteiger partial charge is 0.231 e. The van der Waals surface area contributed by atoms with E-state index in [9.17, 15) is 0 Å². The van der Waals surface area contributed by atoms with Crippen LogP contribution in [0.25, 0.3) is 0 Å². The van der Waals surface area contributed by atoms with Crippen molar-refractivity contribution in [3.05, 3.63) is 35.4 Å². The van der Waals surface area contributed by atoms with Crippen LogP contribution in [0.4, 0.5) is 0 Å². The highest BCUT2D eigenvalue weighted by Gasteiger charge is 2.24. The van der Waals surface area contributed by atoms with Gasteiger partial charge in [-0.2, -0.15) is 0 Å². The molecule has 1 atom stereocenters. The maximum atomic E-state index is 5.84. The lowest BCUT2D eigenvalue weighted by Gasteiger charge is -2.20. The highest BCUT2D eigenvalue weighted by atomic mass is 16.7. The van der Waals surface area contributed by atoms with E-state index in [1.165, 1.54) is 0 Å². The van der Waals surface area contributed by atoms with Crippen molar-refractivity contribution < 1.29 is 28.4 Å². The SMILES string of the molecule is CCOc1cc2c(cc1[C@@H](C)c1cc(OC)c(OC)c(OC)c1)OCO2. The molecule has 0 aromatic heterocycles.